The Kier molecular flexibility index (Phi) is 11.1. The number of aromatic nitrogens is 4. The summed E-state index contributed by atoms with van der Waals surface area (Å²) in [5, 5.41) is 30.3. The molecule has 2 aromatic carbocycles. The highest BCUT2D eigenvalue weighted by atomic mass is 16.6. The fraction of sp³-hybridized carbons (Fsp3) is 0.467. The zero-order valence-electron chi connectivity index (χ0n) is 25.7. The molecule has 0 saturated carbocycles. The molecule has 44 heavy (non-hydrogen) atoms. The van der Waals surface area contributed by atoms with Gasteiger partial charge in [0.05, 0.1) is 6.42 Å². The minimum absolute atomic E-state index is 0.0966. The smallest absolute Gasteiger partial charge is 0.326 e. The molecular weight excluding hydrogens is 570 g/mol. The largest absolute Gasteiger partial charge is 0.480 e. The Hall–Kier alpha value is -4.88. The average molecular weight is 610 g/mol. The van der Waals surface area contributed by atoms with Gasteiger partial charge in [-0.3, -0.25) is 19.2 Å². The molecule has 0 fully saturated rings. The van der Waals surface area contributed by atoms with Gasteiger partial charge in [-0.05, 0) is 60.4 Å². The fourth-order valence-electron chi connectivity index (χ4n) is 4.46. The number of carboxylic acid groups (broad SMARTS) is 1. The molecule has 3 rings (SSSR count). The van der Waals surface area contributed by atoms with Crippen LogP contribution in [0.1, 0.15) is 63.6 Å². The number of aliphatic carboxylic acids is 1. The summed E-state index contributed by atoms with van der Waals surface area (Å²) in [6, 6.07) is 8.74. The van der Waals surface area contributed by atoms with Gasteiger partial charge in [-0.15, -0.1) is 5.10 Å². The van der Waals surface area contributed by atoms with Crippen molar-refractivity contribution in [3.05, 3.63) is 53.9 Å². The van der Waals surface area contributed by atoms with Crippen LogP contribution in [0.15, 0.2) is 42.5 Å². The number of aryl methyl sites for hydroxylation is 2. The van der Waals surface area contributed by atoms with E-state index in [9.17, 15) is 29.1 Å². The Morgan fingerprint density at radius 2 is 1.61 bits per heavy atom. The standard InChI is InChI=1S/C30H39N7O7/c1-17(2)25(28(41)32-22(29(42)43)16-24(38)44-30(3,4)5)33-27(40)21(14-15-23-34-35-36-37(23)6)31-26(39)20-13-9-11-18-10-7-8-12-19(18)20/h7-13,17,21-22,25H,14-16H2,1-6H3,(H,31,39)(H,32,41)(H,33,40)(H,42,43)/t21-,22-,25-/m0/s1. The van der Waals surface area contributed by atoms with Crippen molar-refractivity contribution < 1.29 is 33.8 Å². The van der Waals surface area contributed by atoms with E-state index in [0.717, 1.165) is 5.39 Å². The van der Waals surface area contributed by atoms with Crippen molar-refractivity contribution in [2.24, 2.45) is 13.0 Å². The number of nitrogens with zero attached hydrogens (tertiary/aromatic N) is 4. The molecule has 0 aliphatic heterocycles. The predicted octanol–water partition coefficient (Wildman–Crippen LogP) is 1.54. The van der Waals surface area contributed by atoms with Gasteiger partial charge in [0.25, 0.3) is 5.91 Å². The van der Waals surface area contributed by atoms with E-state index < -0.39 is 65.7 Å². The van der Waals surface area contributed by atoms with Crippen molar-refractivity contribution in [3.63, 3.8) is 0 Å². The maximum Gasteiger partial charge on any atom is 0.326 e. The molecule has 3 aromatic rings. The number of carboxylic acids is 1. The van der Waals surface area contributed by atoms with E-state index in [1.165, 1.54) is 4.68 Å². The number of fused-ring (bicyclic) bond motifs is 1. The summed E-state index contributed by atoms with van der Waals surface area (Å²) in [4.78, 5) is 64.5. The van der Waals surface area contributed by atoms with Gasteiger partial charge in [-0.1, -0.05) is 50.2 Å². The summed E-state index contributed by atoms with van der Waals surface area (Å²) in [6.07, 6.45) is -0.279. The van der Waals surface area contributed by atoms with E-state index in [0.29, 0.717) is 16.8 Å². The van der Waals surface area contributed by atoms with Crippen LogP contribution in [0, 0.1) is 5.92 Å². The summed E-state index contributed by atoms with van der Waals surface area (Å²) < 4.78 is 6.64. The third-order valence-corrected chi connectivity index (χ3v) is 6.67. The van der Waals surface area contributed by atoms with Gasteiger partial charge in [-0.25, -0.2) is 9.48 Å². The van der Waals surface area contributed by atoms with Crippen molar-refractivity contribution in [3.8, 4) is 0 Å². The molecule has 3 amide bonds. The third kappa shape index (κ3) is 9.31. The Balaban J connectivity index is 1.80. The SMILES string of the molecule is CC(C)[C@H](NC(=O)[C@H](CCc1nnnn1C)NC(=O)c1cccc2ccccc12)C(=O)N[C@@H](CC(=O)OC(C)(C)C)C(=O)O. The molecule has 14 nitrogen and oxygen atoms in total. The zero-order chi connectivity index (χ0) is 32.6. The van der Waals surface area contributed by atoms with Crippen LogP contribution in [-0.2, 0) is 37.4 Å². The predicted molar refractivity (Wildman–Crippen MR) is 159 cm³/mol. The molecule has 236 valence electrons. The molecule has 4 N–H and O–H groups in total. The van der Waals surface area contributed by atoms with Crippen LogP contribution in [0.5, 0.6) is 0 Å². The Labute approximate surface area is 254 Å². The van der Waals surface area contributed by atoms with Crippen molar-refractivity contribution in [1.29, 1.82) is 0 Å². The van der Waals surface area contributed by atoms with Gasteiger partial charge in [-0.2, -0.15) is 0 Å². The van der Waals surface area contributed by atoms with Gasteiger partial charge >= 0.3 is 11.9 Å². The van der Waals surface area contributed by atoms with E-state index in [2.05, 4.69) is 31.5 Å². The number of carbonyl (C=O) groups is 5. The maximum atomic E-state index is 13.6. The lowest BCUT2D eigenvalue weighted by Gasteiger charge is -2.27. The minimum Gasteiger partial charge on any atom is -0.480 e. The second kappa shape index (κ2) is 14.5. The summed E-state index contributed by atoms with van der Waals surface area (Å²) in [5.41, 5.74) is -0.476. The lowest BCUT2D eigenvalue weighted by molar-refractivity contribution is -0.158. The second-order valence-corrected chi connectivity index (χ2v) is 11.7. The van der Waals surface area contributed by atoms with Crippen molar-refractivity contribution in [2.45, 2.75) is 77.6 Å². The van der Waals surface area contributed by atoms with Crippen LogP contribution in [0.3, 0.4) is 0 Å². The van der Waals surface area contributed by atoms with Crippen LogP contribution < -0.4 is 16.0 Å². The monoisotopic (exact) mass is 609 g/mol. The topological polar surface area (TPSA) is 194 Å². The molecule has 0 radical (unpaired) electrons. The zero-order valence-corrected chi connectivity index (χ0v) is 25.7. The minimum atomic E-state index is -1.58. The molecule has 1 aromatic heterocycles. The van der Waals surface area contributed by atoms with Crippen molar-refractivity contribution in [1.82, 2.24) is 36.2 Å². The maximum absolute atomic E-state index is 13.6. The number of hydrogen-bond donors (Lipinski definition) is 4. The van der Waals surface area contributed by atoms with E-state index >= 15 is 0 Å². The number of amides is 3. The van der Waals surface area contributed by atoms with Crippen LogP contribution in [0.4, 0.5) is 0 Å². The van der Waals surface area contributed by atoms with E-state index in [-0.39, 0.29) is 12.8 Å². The van der Waals surface area contributed by atoms with Crippen LogP contribution in [0.25, 0.3) is 10.8 Å². The van der Waals surface area contributed by atoms with Crippen molar-refractivity contribution in [2.75, 3.05) is 0 Å². The van der Waals surface area contributed by atoms with E-state index in [1.54, 1.807) is 59.9 Å². The van der Waals surface area contributed by atoms with Crippen LogP contribution >= 0.6 is 0 Å². The molecule has 3 atom stereocenters. The highest BCUT2D eigenvalue weighted by Gasteiger charge is 2.33. The lowest BCUT2D eigenvalue weighted by Crippen LogP contribution is -2.57. The van der Waals surface area contributed by atoms with E-state index in [4.69, 9.17) is 4.74 Å². The first-order valence-electron chi connectivity index (χ1n) is 14.2. The number of esters is 1. The molecule has 14 heteroatoms. The van der Waals surface area contributed by atoms with Gasteiger partial charge in [0, 0.05) is 19.0 Å². The van der Waals surface area contributed by atoms with Gasteiger partial charge < -0.3 is 25.8 Å². The average Bonchev–Trinajstić information content (AvgIpc) is 3.35. The number of benzene rings is 2. The normalized spacial score (nSPS) is 13.5. The second-order valence-electron chi connectivity index (χ2n) is 11.7. The molecular formula is C30H39N7O7. The molecule has 1 heterocycles. The summed E-state index contributed by atoms with van der Waals surface area (Å²) in [5.74, 6) is -4.20. The van der Waals surface area contributed by atoms with Gasteiger partial charge in [0.1, 0.15) is 23.7 Å². The molecule has 0 saturated heterocycles. The lowest BCUT2D eigenvalue weighted by atomic mass is 10.0. The fourth-order valence-corrected chi connectivity index (χ4v) is 4.46. The molecule has 0 unspecified atom stereocenters. The highest BCUT2D eigenvalue weighted by molar-refractivity contribution is 6.08. The van der Waals surface area contributed by atoms with E-state index in [1.807, 2.05) is 24.3 Å². The Morgan fingerprint density at radius 1 is 0.932 bits per heavy atom. The quantitative estimate of drug-likeness (QED) is 0.206. The number of nitrogens with one attached hydrogen (secondary N) is 3. The summed E-state index contributed by atoms with van der Waals surface area (Å²) in [7, 11) is 1.65. The highest BCUT2D eigenvalue weighted by Crippen LogP contribution is 2.19. The number of ether oxygens (including phenoxy) is 1. The number of hydrogen-bond acceptors (Lipinski definition) is 9. The first kappa shape index (κ1) is 33.6. The molecule has 0 aliphatic carbocycles. The number of carbonyl (C=O) groups excluding carboxylic acids is 4. The van der Waals surface area contributed by atoms with Gasteiger partial charge in [0.2, 0.25) is 11.8 Å². The number of rotatable bonds is 13. The Bertz CT molecular complexity index is 1510. The number of tetrazole rings is 1. The first-order chi connectivity index (χ1) is 20.7. The molecule has 0 aliphatic rings. The summed E-state index contributed by atoms with van der Waals surface area (Å²) >= 11 is 0. The van der Waals surface area contributed by atoms with Crippen LogP contribution in [-0.4, -0.2) is 78.7 Å². The Morgan fingerprint density at radius 3 is 2.23 bits per heavy atom. The third-order valence-electron chi connectivity index (χ3n) is 6.67. The van der Waals surface area contributed by atoms with Crippen molar-refractivity contribution >= 4 is 40.4 Å². The molecule has 0 bridgehead atoms. The first-order valence-corrected chi connectivity index (χ1v) is 14.2. The summed E-state index contributed by atoms with van der Waals surface area (Å²) in [6.45, 7) is 8.26. The molecule has 0 spiro atoms. The van der Waals surface area contributed by atoms with Crippen LogP contribution in [0.2, 0.25) is 0 Å². The van der Waals surface area contributed by atoms with Gasteiger partial charge in [0.15, 0.2) is 5.82 Å².